The lowest BCUT2D eigenvalue weighted by Crippen LogP contribution is -2.38. The predicted octanol–water partition coefficient (Wildman–Crippen LogP) is 3.77. The lowest BCUT2D eigenvalue weighted by Gasteiger charge is -2.17. The van der Waals surface area contributed by atoms with E-state index in [1.807, 2.05) is 82.3 Å². The van der Waals surface area contributed by atoms with Crippen LogP contribution in [0.2, 0.25) is 0 Å². The van der Waals surface area contributed by atoms with Crippen LogP contribution in [0.5, 0.6) is 0 Å². The summed E-state index contributed by atoms with van der Waals surface area (Å²) in [6, 6.07) is 16.9. The van der Waals surface area contributed by atoms with Crippen molar-refractivity contribution in [2.75, 3.05) is 0 Å². The lowest BCUT2D eigenvalue weighted by atomic mass is 10.1. The van der Waals surface area contributed by atoms with Gasteiger partial charge in [-0.05, 0) is 44.9 Å². The molecule has 0 radical (unpaired) electrons. The third-order valence-electron chi connectivity index (χ3n) is 5.67. The number of hydrogen-bond donors (Lipinski definition) is 1. The molecular weight excluding hydrogens is 402 g/mol. The van der Waals surface area contributed by atoms with E-state index in [9.17, 15) is 9.59 Å². The number of amides is 1. The van der Waals surface area contributed by atoms with Crippen LogP contribution in [0.1, 0.15) is 41.9 Å². The molecule has 2 heterocycles. The Balaban J connectivity index is 1.71. The van der Waals surface area contributed by atoms with Gasteiger partial charge in [0.1, 0.15) is 11.6 Å². The highest BCUT2D eigenvalue weighted by atomic mass is 16.2. The van der Waals surface area contributed by atoms with Gasteiger partial charge < -0.3 is 5.32 Å². The predicted molar refractivity (Wildman–Crippen MR) is 125 cm³/mol. The molecule has 0 aliphatic heterocycles. The van der Waals surface area contributed by atoms with Crippen molar-refractivity contribution in [3.05, 3.63) is 87.5 Å². The highest BCUT2D eigenvalue weighted by molar-refractivity contribution is 5.84. The summed E-state index contributed by atoms with van der Waals surface area (Å²) in [5, 5.41) is 12.6. The Labute approximate surface area is 186 Å². The number of nitrogens with one attached hydrogen (secondary N) is 1. The molecule has 0 saturated heterocycles. The molecule has 4 aromatic rings. The molecule has 0 spiro atoms. The SMILES string of the molecule is CCC(C(=O)NCc1cccc(C)c1)n1nc(C)c2nn(-c3ccccc3)c(C)c2c1=O. The van der Waals surface area contributed by atoms with Crippen LogP contribution in [-0.2, 0) is 11.3 Å². The molecule has 7 nitrogen and oxygen atoms in total. The van der Waals surface area contributed by atoms with Crippen LogP contribution in [0.15, 0.2) is 59.4 Å². The quantitative estimate of drug-likeness (QED) is 0.506. The molecule has 0 aliphatic rings. The Bertz CT molecular complexity index is 1340. The molecule has 0 aliphatic carbocycles. The van der Waals surface area contributed by atoms with Crippen LogP contribution in [-0.4, -0.2) is 25.5 Å². The molecule has 0 saturated carbocycles. The van der Waals surface area contributed by atoms with Gasteiger partial charge in [-0.25, -0.2) is 9.36 Å². The van der Waals surface area contributed by atoms with E-state index in [0.717, 1.165) is 22.5 Å². The number of para-hydroxylation sites is 1. The topological polar surface area (TPSA) is 81.8 Å². The average molecular weight is 430 g/mol. The van der Waals surface area contributed by atoms with Crippen molar-refractivity contribution < 1.29 is 4.79 Å². The number of hydrogen-bond acceptors (Lipinski definition) is 4. The smallest absolute Gasteiger partial charge is 0.278 e. The van der Waals surface area contributed by atoms with E-state index < -0.39 is 6.04 Å². The van der Waals surface area contributed by atoms with Crippen molar-refractivity contribution in [1.82, 2.24) is 24.9 Å². The number of benzene rings is 2. The van der Waals surface area contributed by atoms with E-state index in [1.54, 1.807) is 4.68 Å². The summed E-state index contributed by atoms with van der Waals surface area (Å²) >= 11 is 0. The molecule has 7 heteroatoms. The van der Waals surface area contributed by atoms with E-state index in [0.29, 0.717) is 29.6 Å². The third kappa shape index (κ3) is 3.93. The lowest BCUT2D eigenvalue weighted by molar-refractivity contribution is -0.125. The molecule has 1 unspecified atom stereocenters. The number of fused-ring (bicyclic) bond motifs is 1. The van der Waals surface area contributed by atoms with Gasteiger partial charge in [-0.15, -0.1) is 0 Å². The van der Waals surface area contributed by atoms with Crippen LogP contribution in [0.3, 0.4) is 0 Å². The Kier molecular flexibility index (Phi) is 5.90. The van der Waals surface area contributed by atoms with Crippen LogP contribution < -0.4 is 10.9 Å². The first-order valence-electron chi connectivity index (χ1n) is 10.8. The second kappa shape index (κ2) is 8.78. The number of nitrogens with zero attached hydrogens (tertiary/aromatic N) is 4. The van der Waals surface area contributed by atoms with Crippen LogP contribution in [0, 0.1) is 20.8 Å². The number of aromatic nitrogens is 4. The Hall–Kier alpha value is -3.74. The standard InChI is InChI=1S/C25H27N5O2/c1-5-21(24(31)26-15-19-11-9-10-16(2)14-19)30-25(32)22-18(4)29(20-12-7-6-8-13-20)28-23(22)17(3)27-30/h6-14,21H,5,15H2,1-4H3,(H,26,31). The zero-order valence-electron chi connectivity index (χ0n) is 18.8. The summed E-state index contributed by atoms with van der Waals surface area (Å²) in [4.78, 5) is 26.4. The first-order chi connectivity index (χ1) is 15.4. The van der Waals surface area contributed by atoms with Crippen LogP contribution in [0.25, 0.3) is 16.6 Å². The molecule has 2 aromatic heterocycles. The van der Waals surface area contributed by atoms with Gasteiger partial charge >= 0.3 is 0 Å². The van der Waals surface area contributed by atoms with Gasteiger partial charge in [0, 0.05) is 6.54 Å². The summed E-state index contributed by atoms with van der Waals surface area (Å²) in [6.07, 6.45) is 0.448. The third-order valence-corrected chi connectivity index (χ3v) is 5.67. The molecule has 0 fully saturated rings. The van der Waals surface area contributed by atoms with E-state index in [-0.39, 0.29) is 11.5 Å². The highest BCUT2D eigenvalue weighted by Gasteiger charge is 2.25. The minimum atomic E-state index is -0.699. The second-order valence-electron chi connectivity index (χ2n) is 8.02. The molecular formula is C25H27N5O2. The maximum absolute atomic E-state index is 13.4. The van der Waals surface area contributed by atoms with Gasteiger partial charge in [-0.3, -0.25) is 9.59 Å². The number of aryl methyl sites for hydroxylation is 3. The molecule has 2 aromatic carbocycles. The minimum Gasteiger partial charge on any atom is -0.350 e. The molecule has 1 atom stereocenters. The monoisotopic (exact) mass is 429 g/mol. The van der Waals surface area contributed by atoms with Gasteiger partial charge in [-0.1, -0.05) is 55.0 Å². The number of rotatable bonds is 6. The first-order valence-corrected chi connectivity index (χ1v) is 10.8. The maximum atomic E-state index is 13.4. The zero-order chi connectivity index (χ0) is 22.8. The summed E-state index contributed by atoms with van der Waals surface area (Å²) in [6.45, 7) is 7.98. The van der Waals surface area contributed by atoms with Crippen molar-refractivity contribution >= 4 is 16.8 Å². The Morgan fingerprint density at radius 2 is 1.78 bits per heavy atom. The number of carbonyl (C=O) groups excluding carboxylic acids is 1. The minimum absolute atomic E-state index is 0.226. The van der Waals surface area contributed by atoms with Gasteiger partial charge in [0.25, 0.3) is 5.56 Å². The summed E-state index contributed by atoms with van der Waals surface area (Å²) < 4.78 is 3.07. The van der Waals surface area contributed by atoms with Gasteiger partial charge in [-0.2, -0.15) is 10.2 Å². The van der Waals surface area contributed by atoms with Crippen LogP contribution in [0.4, 0.5) is 0 Å². The molecule has 1 amide bonds. The summed E-state index contributed by atoms with van der Waals surface area (Å²) in [7, 11) is 0. The van der Waals surface area contributed by atoms with Gasteiger partial charge in [0.05, 0.1) is 22.5 Å². The van der Waals surface area contributed by atoms with E-state index in [1.165, 1.54) is 4.68 Å². The fourth-order valence-corrected chi connectivity index (χ4v) is 4.01. The molecule has 1 N–H and O–H groups in total. The average Bonchev–Trinajstić information content (AvgIpc) is 3.15. The molecule has 32 heavy (non-hydrogen) atoms. The van der Waals surface area contributed by atoms with Gasteiger partial charge in [0.15, 0.2) is 0 Å². The second-order valence-corrected chi connectivity index (χ2v) is 8.02. The van der Waals surface area contributed by atoms with Crippen molar-refractivity contribution in [2.24, 2.45) is 0 Å². The maximum Gasteiger partial charge on any atom is 0.278 e. The Morgan fingerprint density at radius 3 is 2.47 bits per heavy atom. The van der Waals surface area contributed by atoms with Gasteiger partial charge in [0.2, 0.25) is 5.91 Å². The summed E-state index contributed by atoms with van der Waals surface area (Å²) in [5.74, 6) is -0.226. The fraction of sp³-hybridized carbons (Fsp3) is 0.280. The van der Waals surface area contributed by atoms with Crippen molar-refractivity contribution in [1.29, 1.82) is 0 Å². The number of carbonyl (C=O) groups is 1. The molecule has 164 valence electrons. The fourth-order valence-electron chi connectivity index (χ4n) is 4.01. The van der Waals surface area contributed by atoms with E-state index in [4.69, 9.17) is 0 Å². The normalized spacial score (nSPS) is 12.1. The molecule has 4 rings (SSSR count). The Morgan fingerprint density at radius 1 is 1.03 bits per heavy atom. The van der Waals surface area contributed by atoms with Crippen molar-refractivity contribution in [3.63, 3.8) is 0 Å². The largest absolute Gasteiger partial charge is 0.350 e. The zero-order valence-corrected chi connectivity index (χ0v) is 18.8. The molecule has 0 bridgehead atoms. The van der Waals surface area contributed by atoms with E-state index in [2.05, 4.69) is 15.5 Å². The first kappa shape index (κ1) is 21.5. The van der Waals surface area contributed by atoms with Crippen molar-refractivity contribution in [3.8, 4) is 5.69 Å². The van der Waals surface area contributed by atoms with Crippen LogP contribution >= 0.6 is 0 Å². The van der Waals surface area contributed by atoms with E-state index >= 15 is 0 Å². The summed E-state index contributed by atoms with van der Waals surface area (Å²) in [5.41, 5.74) is 4.61. The van der Waals surface area contributed by atoms with Crippen molar-refractivity contribution in [2.45, 2.75) is 46.7 Å². The highest BCUT2D eigenvalue weighted by Crippen LogP contribution is 2.21.